The van der Waals surface area contributed by atoms with Crippen LogP contribution in [-0.4, -0.2) is 41.5 Å². The lowest BCUT2D eigenvalue weighted by molar-refractivity contribution is -0.148. The van der Waals surface area contributed by atoms with Gasteiger partial charge in [0.15, 0.2) is 6.61 Å². The maximum Gasteiger partial charge on any atom is 0.341 e. The van der Waals surface area contributed by atoms with Crippen molar-refractivity contribution in [2.24, 2.45) is 17.3 Å². The molecule has 1 aromatic carbocycles. The van der Waals surface area contributed by atoms with Gasteiger partial charge in [0, 0.05) is 0 Å². The number of fused-ring (bicyclic) bond motifs is 5. The van der Waals surface area contributed by atoms with Gasteiger partial charge in [0.25, 0.3) is 0 Å². The number of ether oxygens (including phenoxy) is 2. The van der Waals surface area contributed by atoms with Crippen LogP contribution in [0.3, 0.4) is 0 Å². The number of carbonyl (C=O) groups is 2. The molecule has 2 fully saturated rings. The lowest BCUT2D eigenvalue weighted by atomic mass is 9.55. The summed E-state index contributed by atoms with van der Waals surface area (Å²) in [5.74, 6) is 0.465. The molecule has 3 aliphatic rings. The SMILES string of the molecule is CC12CCC3c4ccc(OCC(=O)O)cc4CCC3C1CCC2OCC(=O)O. The highest BCUT2D eigenvalue weighted by molar-refractivity contribution is 5.68. The van der Waals surface area contributed by atoms with Crippen molar-refractivity contribution >= 4 is 11.9 Å². The summed E-state index contributed by atoms with van der Waals surface area (Å²) < 4.78 is 11.1. The summed E-state index contributed by atoms with van der Waals surface area (Å²) in [6.07, 6.45) is 6.35. The first-order valence-electron chi connectivity index (χ1n) is 10.2. The summed E-state index contributed by atoms with van der Waals surface area (Å²) in [6.45, 7) is 1.78. The molecule has 0 aliphatic heterocycles. The van der Waals surface area contributed by atoms with E-state index in [1.807, 2.05) is 12.1 Å². The van der Waals surface area contributed by atoms with Gasteiger partial charge in [0.2, 0.25) is 0 Å². The lowest BCUT2D eigenvalue weighted by Crippen LogP contribution is -2.45. The molecular weight excluding hydrogens is 360 g/mol. The van der Waals surface area contributed by atoms with Crippen LogP contribution in [-0.2, 0) is 20.7 Å². The summed E-state index contributed by atoms with van der Waals surface area (Å²) in [6, 6.07) is 6.03. The van der Waals surface area contributed by atoms with E-state index in [0.29, 0.717) is 23.5 Å². The number of carboxylic acids is 2. The number of aryl methyl sites for hydroxylation is 1. The van der Waals surface area contributed by atoms with E-state index in [4.69, 9.17) is 19.7 Å². The van der Waals surface area contributed by atoms with Crippen LogP contribution < -0.4 is 4.74 Å². The van der Waals surface area contributed by atoms with Crippen LogP contribution in [0.4, 0.5) is 0 Å². The molecule has 0 radical (unpaired) electrons. The van der Waals surface area contributed by atoms with Crippen molar-refractivity contribution in [1.29, 1.82) is 0 Å². The molecule has 0 aromatic heterocycles. The second kappa shape index (κ2) is 7.39. The predicted molar refractivity (Wildman–Crippen MR) is 102 cm³/mol. The summed E-state index contributed by atoms with van der Waals surface area (Å²) in [5, 5.41) is 17.8. The molecule has 28 heavy (non-hydrogen) atoms. The Morgan fingerprint density at radius 3 is 2.64 bits per heavy atom. The molecular formula is C22H28O6. The van der Waals surface area contributed by atoms with Crippen LogP contribution in [0.5, 0.6) is 5.75 Å². The molecule has 0 amide bonds. The molecule has 6 nitrogen and oxygen atoms in total. The second-order valence-electron chi connectivity index (χ2n) is 8.77. The summed E-state index contributed by atoms with van der Waals surface area (Å²) >= 11 is 0. The van der Waals surface area contributed by atoms with Crippen molar-refractivity contribution < 1.29 is 29.3 Å². The van der Waals surface area contributed by atoms with E-state index in [-0.39, 0.29) is 24.7 Å². The minimum atomic E-state index is -0.967. The number of rotatable bonds is 6. The molecule has 152 valence electrons. The van der Waals surface area contributed by atoms with E-state index < -0.39 is 11.9 Å². The molecule has 0 spiro atoms. The van der Waals surface area contributed by atoms with Crippen LogP contribution in [0.2, 0.25) is 0 Å². The van der Waals surface area contributed by atoms with Gasteiger partial charge >= 0.3 is 11.9 Å². The number of aliphatic carboxylic acids is 2. The van der Waals surface area contributed by atoms with Gasteiger partial charge in [-0.1, -0.05) is 13.0 Å². The predicted octanol–water partition coefficient (Wildman–Crippen LogP) is 3.48. The highest BCUT2D eigenvalue weighted by atomic mass is 16.5. The maximum absolute atomic E-state index is 10.9. The minimum absolute atomic E-state index is 0.0442. The Morgan fingerprint density at radius 2 is 1.89 bits per heavy atom. The molecule has 5 unspecified atom stereocenters. The van der Waals surface area contributed by atoms with Gasteiger partial charge in [-0.25, -0.2) is 9.59 Å². The smallest absolute Gasteiger partial charge is 0.341 e. The van der Waals surface area contributed by atoms with Gasteiger partial charge in [-0.2, -0.15) is 0 Å². The number of hydrogen-bond donors (Lipinski definition) is 2. The van der Waals surface area contributed by atoms with Crippen molar-refractivity contribution in [1.82, 2.24) is 0 Å². The number of hydrogen-bond acceptors (Lipinski definition) is 4. The second-order valence-corrected chi connectivity index (χ2v) is 8.77. The number of benzene rings is 1. The van der Waals surface area contributed by atoms with E-state index in [1.165, 1.54) is 11.1 Å². The van der Waals surface area contributed by atoms with E-state index in [9.17, 15) is 9.59 Å². The van der Waals surface area contributed by atoms with E-state index in [2.05, 4.69) is 13.0 Å². The first-order valence-corrected chi connectivity index (χ1v) is 10.2. The third-order valence-corrected chi connectivity index (χ3v) is 7.38. The fourth-order valence-electron chi connectivity index (χ4n) is 6.19. The largest absolute Gasteiger partial charge is 0.482 e. The summed E-state index contributed by atoms with van der Waals surface area (Å²) in [4.78, 5) is 21.7. The molecule has 6 heteroatoms. The fourth-order valence-corrected chi connectivity index (χ4v) is 6.19. The van der Waals surface area contributed by atoms with Crippen molar-refractivity contribution in [2.45, 2.75) is 57.5 Å². The Balaban J connectivity index is 1.51. The average molecular weight is 388 g/mol. The Bertz CT molecular complexity index is 774. The van der Waals surface area contributed by atoms with Crippen LogP contribution in [0, 0.1) is 17.3 Å². The van der Waals surface area contributed by atoms with Crippen LogP contribution in [0.15, 0.2) is 18.2 Å². The zero-order valence-corrected chi connectivity index (χ0v) is 16.2. The van der Waals surface area contributed by atoms with E-state index in [0.717, 1.165) is 38.5 Å². The Kier molecular flexibility index (Phi) is 5.08. The first-order chi connectivity index (χ1) is 13.4. The fraction of sp³-hybridized carbons (Fsp3) is 0.636. The quantitative estimate of drug-likeness (QED) is 0.775. The molecule has 0 bridgehead atoms. The third kappa shape index (κ3) is 3.39. The van der Waals surface area contributed by atoms with Gasteiger partial charge in [0.1, 0.15) is 12.4 Å². The molecule has 5 atom stereocenters. The minimum Gasteiger partial charge on any atom is -0.482 e. The standard InChI is InChI=1S/C22H28O6/c1-22-9-8-16-15-5-3-14(27-11-20(23)24)10-13(15)2-4-17(16)18(22)6-7-19(22)28-12-21(25)26/h3,5,10,16-19H,2,4,6-9,11-12H2,1H3,(H,23,24)(H,25,26). The molecule has 0 saturated heterocycles. The van der Waals surface area contributed by atoms with Gasteiger partial charge in [-0.3, -0.25) is 0 Å². The zero-order valence-electron chi connectivity index (χ0n) is 16.2. The summed E-state index contributed by atoms with van der Waals surface area (Å²) in [5.41, 5.74) is 2.74. The van der Waals surface area contributed by atoms with Gasteiger partial charge in [-0.15, -0.1) is 0 Å². The van der Waals surface area contributed by atoms with Crippen LogP contribution >= 0.6 is 0 Å². The molecule has 4 rings (SSSR count). The molecule has 2 saturated carbocycles. The monoisotopic (exact) mass is 388 g/mol. The Morgan fingerprint density at radius 1 is 1.11 bits per heavy atom. The normalized spacial score (nSPS) is 33.5. The molecule has 0 heterocycles. The van der Waals surface area contributed by atoms with Crippen molar-refractivity contribution in [3.05, 3.63) is 29.3 Å². The molecule has 3 aliphatic carbocycles. The average Bonchev–Trinajstić information content (AvgIpc) is 3.00. The highest BCUT2D eigenvalue weighted by Crippen LogP contribution is 2.61. The van der Waals surface area contributed by atoms with Crippen molar-refractivity contribution in [2.75, 3.05) is 13.2 Å². The topological polar surface area (TPSA) is 93.1 Å². The highest BCUT2D eigenvalue weighted by Gasteiger charge is 2.55. The van der Waals surface area contributed by atoms with Crippen molar-refractivity contribution in [3.63, 3.8) is 0 Å². The van der Waals surface area contributed by atoms with Crippen LogP contribution in [0.25, 0.3) is 0 Å². The lowest BCUT2D eigenvalue weighted by Gasteiger charge is -2.50. The third-order valence-electron chi connectivity index (χ3n) is 7.38. The maximum atomic E-state index is 10.9. The Hall–Kier alpha value is -2.08. The van der Waals surface area contributed by atoms with E-state index in [1.54, 1.807) is 0 Å². The van der Waals surface area contributed by atoms with Crippen molar-refractivity contribution in [3.8, 4) is 5.75 Å². The molecule has 2 N–H and O–H groups in total. The van der Waals surface area contributed by atoms with Crippen LogP contribution in [0.1, 0.15) is 56.1 Å². The number of carboxylic acid groups (broad SMARTS) is 2. The van der Waals surface area contributed by atoms with Gasteiger partial charge in [0.05, 0.1) is 6.10 Å². The Labute approximate surface area is 164 Å². The summed E-state index contributed by atoms with van der Waals surface area (Å²) in [7, 11) is 0. The van der Waals surface area contributed by atoms with Gasteiger partial charge in [-0.05, 0) is 85.0 Å². The zero-order chi connectivity index (χ0) is 19.9. The first kappa shape index (κ1) is 19.2. The molecule has 1 aromatic rings. The van der Waals surface area contributed by atoms with Gasteiger partial charge < -0.3 is 19.7 Å². The van der Waals surface area contributed by atoms with E-state index >= 15 is 0 Å².